The van der Waals surface area contributed by atoms with Crippen LogP contribution in [0.15, 0.2) is 48.5 Å². The molecule has 0 fully saturated rings. The van der Waals surface area contributed by atoms with Crippen LogP contribution in [0.3, 0.4) is 0 Å². The molecule has 0 atom stereocenters. The molecule has 0 aliphatic rings. The van der Waals surface area contributed by atoms with Crippen LogP contribution >= 0.6 is 0 Å². The van der Waals surface area contributed by atoms with Crippen LogP contribution < -0.4 is 5.73 Å². The van der Waals surface area contributed by atoms with Crippen molar-refractivity contribution in [1.29, 1.82) is 0 Å². The van der Waals surface area contributed by atoms with Crippen molar-refractivity contribution in [3.63, 3.8) is 0 Å². The van der Waals surface area contributed by atoms with E-state index >= 15 is 0 Å². The lowest BCUT2D eigenvalue weighted by Gasteiger charge is -1.96. The maximum atomic E-state index is 10.3. The molecule has 0 saturated heterocycles. The smallest absolute Gasteiger partial charge is 0.335 e. The summed E-state index contributed by atoms with van der Waals surface area (Å²) < 4.78 is 0. The number of carboxylic acids is 1. The molecule has 0 radical (unpaired) electrons. The van der Waals surface area contributed by atoms with Crippen LogP contribution in [0.25, 0.3) is 0 Å². The fourth-order valence-electron chi connectivity index (χ4n) is 1.44. The van der Waals surface area contributed by atoms with Crippen molar-refractivity contribution in [2.75, 3.05) is 5.73 Å². The Morgan fingerprint density at radius 2 is 1.36 bits per heavy atom. The monoisotopic (exact) mass is 305 g/mol. The number of nitro groups is 2. The van der Waals surface area contributed by atoms with Gasteiger partial charge in [-0.25, -0.2) is 4.79 Å². The predicted octanol–water partition coefficient (Wildman–Crippen LogP) is 2.47. The third kappa shape index (κ3) is 4.27. The Morgan fingerprint density at radius 1 is 0.909 bits per heavy atom. The molecular formula is C13H11N3O6. The van der Waals surface area contributed by atoms with Crippen molar-refractivity contribution in [1.82, 2.24) is 0 Å². The standard InChI is InChI=1S/C7H6O2.C6H5N3O4/c8-7(9)6-4-2-1-3-5-6;7-6-4(8(10)11)2-1-3-5(6)9(12)13/h1-5H,(H,8,9);1-3H,7H2. The molecule has 0 unspecified atom stereocenters. The molecule has 0 saturated carbocycles. The van der Waals surface area contributed by atoms with Gasteiger partial charge >= 0.3 is 5.97 Å². The number of rotatable bonds is 3. The summed E-state index contributed by atoms with van der Waals surface area (Å²) in [5.41, 5.74) is 4.21. The van der Waals surface area contributed by atoms with E-state index < -0.39 is 32.9 Å². The van der Waals surface area contributed by atoms with Gasteiger partial charge in [-0.15, -0.1) is 0 Å². The van der Waals surface area contributed by atoms with Crippen LogP contribution in [0.4, 0.5) is 17.1 Å². The molecular weight excluding hydrogens is 294 g/mol. The molecule has 2 aromatic rings. The van der Waals surface area contributed by atoms with Crippen LogP contribution in [-0.2, 0) is 0 Å². The van der Waals surface area contributed by atoms with E-state index in [4.69, 9.17) is 10.8 Å². The Morgan fingerprint density at radius 3 is 1.68 bits per heavy atom. The van der Waals surface area contributed by atoms with Crippen molar-refractivity contribution < 1.29 is 19.7 Å². The second kappa shape index (κ2) is 7.33. The highest BCUT2D eigenvalue weighted by Gasteiger charge is 2.20. The second-order valence-corrected chi connectivity index (χ2v) is 3.90. The van der Waals surface area contributed by atoms with E-state index in [1.807, 2.05) is 0 Å². The average molecular weight is 305 g/mol. The number of para-hydroxylation sites is 1. The lowest BCUT2D eigenvalue weighted by Crippen LogP contribution is -2.00. The highest BCUT2D eigenvalue weighted by Crippen LogP contribution is 2.30. The van der Waals surface area contributed by atoms with Gasteiger partial charge in [0.1, 0.15) is 0 Å². The van der Waals surface area contributed by atoms with Crippen LogP contribution in [0.1, 0.15) is 10.4 Å². The van der Waals surface area contributed by atoms with Crippen molar-refractivity contribution >= 4 is 23.0 Å². The molecule has 0 aliphatic heterocycles. The van der Waals surface area contributed by atoms with E-state index in [0.29, 0.717) is 5.56 Å². The third-order valence-corrected chi connectivity index (χ3v) is 2.47. The average Bonchev–Trinajstić information content (AvgIpc) is 2.48. The Kier molecular flexibility index (Phi) is 5.52. The summed E-state index contributed by atoms with van der Waals surface area (Å²) in [5.74, 6) is -0.879. The quantitative estimate of drug-likeness (QED) is 0.502. The minimum absolute atomic E-state index is 0.331. The summed E-state index contributed by atoms with van der Waals surface area (Å²) in [6.07, 6.45) is 0. The van der Waals surface area contributed by atoms with E-state index in [-0.39, 0.29) is 0 Å². The Labute approximate surface area is 123 Å². The van der Waals surface area contributed by atoms with E-state index in [2.05, 4.69) is 0 Å². The van der Waals surface area contributed by atoms with Crippen molar-refractivity contribution in [2.45, 2.75) is 0 Å². The van der Waals surface area contributed by atoms with E-state index in [1.165, 1.54) is 6.07 Å². The Balaban J connectivity index is 0.000000235. The summed E-state index contributed by atoms with van der Waals surface area (Å²) >= 11 is 0. The van der Waals surface area contributed by atoms with Gasteiger partial charge in [0, 0.05) is 12.1 Å². The van der Waals surface area contributed by atoms with Crippen molar-refractivity contribution in [2.24, 2.45) is 0 Å². The van der Waals surface area contributed by atoms with Gasteiger partial charge in [-0.05, 0) is 18.2 Å². The normalized spacial score (nSPS) is 9.27. The maximum absolute atomic E-state index is 10.3. The first-order valence-corrected chi connectivity index (χ1v) is 5.80. The van der Waals surface area contributed by atoms with Gasteiger partial charge in [-0.3, -0.25) is 20.2 Å². The number of carbonyl (C=O) groups is 1. The summed E-state index contributed by atoms with van der Waals surface area (Å²) in [5, 5.41) is 29.0. The summed E-state index contributed by atoms with van der Waals surface area (Å²) in [6.45, 7) is 0. The number of nitrogens with two attached hydrogens (primary N) is 1. The highest BCUT2D eigenvalue weighted by molar-refractivity contribution is 5.87. The van der Waals surface area contributed by atoms with Gasteiger partial charge in [0.05, 0.1) is 15.4 Å². The molecule has 0 aromatic heterocycles. The fraction of sp³-hybridized carbons (Fsp3) is 0. The molecule has 22 heavy (non-hydrogen) atoms. The minimum Gasteiger partial charge on any atom is -0.478 e. The van der Waals surface area contributed by atoms with Gasteiger partial charge in [0.15, 0.2) is 5.69 Å². The van der Waals surface area contributed by atoms with Gasteiger partial charge < -0.3 is 10.8 Å². The number of hydrogen-bond acceptors (Lipinski definition) is 6. The molecule has 9 nitrogen and oxygen atoms in total. The number of carboxylic acid groups (broad SMARTS) is 1. The van der Waals surface area contributed by atoms with Gasteiger partial charge in [0.25, 0.3) is 11.4 Å². The first-order valence-electron chi connectivity index (χ1n) is 5.80. The van der Waals surface area contributed by atoms with Gasteiger partial charge in [0.2, 0.25) is 0 Å². The van der Waals surface area contributed by atoms with Gasteiger partial charge in [-0.2, -0.15) is 0 Å². The topological polar surface area (TPSA) is 150 Å². The lowest BCUT2D eigenvalue weighted by atomic mass is 10.2. The number of hydrogen-bond donors (Lipinski definition) is 2. The zero-order valence-corrected chi connectivity index (χ0v) is 11.1. The second-order valence-electron chi connectivity index (χ2n) is 3.90. The zero-order chi connectivity index (χ0) is 16.7. The highest BCUT2D eigenvalue weighted by atomic mass is 16.6. The SMILES string of the molecule is Nc1c([N+](=O)[O-])cccc1[N+](=O)[O-].O=C(O)c1ccccc1. The zero-order valence-electron chi connectivity index (χ0n) is 11.1. The predicted molar refractivity (Wildman–Crippen MR) is 77.6 cm³/mol. The minimum atomic E-state index is -0.879. The van der Waals surface area contributed by atoms with Crippen molar-refractivity contribution in [3.8, 4) is 0 Å². The number of nitrogens with zero attached hydrogens (tertiary/aromatic N) is 2. The molecule has 114 valence electrons. The van der Waals surface area contributed by atoms with E-state index in [9.17, 15) is 25.0 Å². The lowest BCUT2D eigenvalue weighted by molar-refractivity contribution is -0.392. The van der Waals surface area contributed by atoms with E-state index in [0.717, 1.165) is 12.1 Å². The van der Waals surface area contributed by atoms with Gasteiger partial charge in [-0.1, -0.05) is 18.2 Å². The van der Waals surface area contributed by atoms with Crippen LogP contribution in [-0.4, -0.2) is 20.9 Å². The number of aromatic carboxylic acids is 1. The molecule has 2 aromatic carbocycles. The van der Waals surface area contributed by atoms with E-state index in [1.54, 1.807) is 30.3 Å². The molecule has 0 heterocycles. The van der Waals surface area contributed by atoms with Crippen LogP contribution in [0, 0.1) is 20.2 Å². The van der Waals surface area contributed by atoms with Crippen molar-refractivity contribution in [3.05, 3.63) is 74.3 Å². The molecule has 3 N–H and O–H groups in total. The summed E-state index contributed by atoms with van der Waals surface area (Å²) in [4.78, 5) is 29.3. The fourth-order valence-corrected chi connectivity index (χ4v) is 1.44. The molecule has 0 bridgehead atoms. The maximum Gasteiger partial charge on any atom is 0.335 e. The number of benzene rings is 2. The number of anilines is 1. The summed E-state index contributed by atoms with van der Waals surface area (Å²) in [7, 11) is 0. The van der Waals surface area contributed by atoms with Crippen LogP contribution in [0.5, 0.6) is 0 Å². The number of nitro benzene ring substituents is 2. The molecule has 0 amide bonds. The molecule has 2 rings (SSSR count). The number of nitrogen functional groups attached to an aromatic ring is 1. The summed E-state index contributed by atoms with van der Waals surface area (Å²) in [6, 6.07) is 11.7. The Hall–Kier alpha value is -3.49. The molecule has 0 aliphatic carbocycles. The third-order valence-electron chi connectivity index (χ3n) is 2.47. The van der Waals surface area contributed by atoms with Crippen LogP contribution in [0.2, 0.25) is 0 Å². The molecule has 0 spiro atoms. The first kappa shape index (κ1) is 16.6. The Bertz CT molecular complexity index is 670. The first-order chi connectivity index (χ1) is 10.3. The molecule has 9 heteroatoms. The largest absolute Gasteiger partial charge is 0.478 e.